The molecule has 1 aromatic carbocycles. The Balaban J connectivity index is 0.00000312. The van der Waals surface area contributed by atoms with Crippen molar-refractivity contribution in [3.63, 3.8) is 0 Å². The van der Waals surface area contributed by atoms with Crippen molar-refractivity contribution in [3.05, 3.63) is 33.8 Å². The summed E-state index contributed by atoms with van der Waals surface area (Å²) in [6.07, 6.45) is 1.50. The van der Waals surface area contributed by atoms with Crippen LogP contribution in [-0.4, -0.2) is 53.3 Å². The highest BCUT2D eigenvalue weighted by Gasteiger charge is 2.34. The lowest BCUT2D eigenvalue weighted by atomic mass is 9.95. The van der Waals surface area contributed by atoms with Crippen LogP contribution in [0.15, 0.2) is 18.2 Å². The molecule has 0 spiro atoms. The zero-order valence-corrected chi connectivity index (χ0v) is 16.8. The molecule has 0 aliphatic carbocycles. The Bertz CT molecular complexity index is 630. The summed E-state index contributed by atoms with van der Waals surface area (Å²) >= 11 is 12.0. The molecule has 2 rings (SSSR count). The van der Waals surface area contributed by atoms with Crippen LogP contribution in [0, 0.1) is 0 Å². The smallest absolute Gasteiger partial charge is 0.255 e. The minimum absolute atomic E-state index is 0. The second kappa shape index (κ2) is 9.08. The van der Waals surface area contributed by atoms with Crippen molar-refractivity contribution in [3.8, 4) is 0 Å². The lowest BCUT2D eigenvalue weighted by Gasteiger charge is -2.38. The van der Waals surface area contributed by atoms with Crippen molar-refractivity contribution in [2.45, 2.75) is 32.2 Å². The van der Waals surface area contributed by atoms with Crippen LogP contribution in [0.1, 0.15) is 37.0 Å². The molecule has 0 bridgehead atoms. The predicted octanol–water partition coefficient (Wildman–Crippen LogP) is 3.22. The second-order valence-corrected chi connectivity index (χ2v) is 7.22. The molecule has 1 aliphatic rings. The van der Waals surface area contributed by atoms with Crippen LogP contribution in [-0.2, 0) is 4.79 Å². The Morgan fingerprint density at radius 3 is 2.24 bits per heavy atom. The average Bonchev–Trinajstić information content (AvgIpc) is 2.53. The van der Waals surface area contributed by atoms with E-state index in [-0.39, 0.29) is 24.2 Å². The SMILES string of the molecule is CCCC(C)(N)C(=O)N1CCN(C(=O)c2ccc(Cl)cc2Cl)CC1.Cl. The fourth-order valence-corrected chi connectivity index (χ4v) is 3.42. The van der Waals surface area contributed by atoms with Gasteiger partial charge in [0, 0.05) is 31.2 Å². The van der Waals surface area contributed by atoms with Crippen LogP contribution in [0.2, 0.25) is 10.0 Å². The van der Waals surface area contributed by atoms with E-state index in [0.717, 1.165) is 6.42 Å². The monoisotopic (exact) mass is 407 g/mol. The van der Waals surface area contributed by atoms with E-state index in [4.69, 9.17) is 28.9 Å². The summed E-state index contributed by atoms with van der Waals surface area (Å²) in [7, 11) is 0. The summed E-state index contributed by atoms with van der Waals surface area (Å²) in [6, 6.07) is 4.83. The molecule has 1 fully saturated rings. The maximum absolute atomic E-state index is 12.6. The van der Waals surface area contributed by atoms with Gasteiger partial charge in [-0.15, -0.1) is 12.4 Å². The Morgan fingerprint density at radius 1 is 1.16 bits per heavy atom. The average molecular weight is 409 g/mol. The van der Waals surface area contributed by atoms with Gasteiger partial charge in [-0.05, 0) is 31.5 Å². The number of carbonyl (C=O) groups excluding carboxylic acids is 2. The molecule has 1 saturated heterocycles. The van der Waals surface area contributed by atoms with E-state index in [0.29, 0.717) is 48.2 Å². The number of halogens is 3. The maximum atomic E-state index is 12.6. The van der Waals surface area contributed by atoms with Crippen molar-refractivity contribution in [2.24, 2.45) is 5.73 Å². The number of hydrogen-bond acceptors (Lipinski definition) is 3. The lowest BCUT2D eigenvalue weighted by molar-refractivity contribution is -0.138. The number of rotatable bonds is 4. The minimum atomic E-state index is -0.847. The Morgan fingerprint density at radius 2 is 1.72 bits per heavy atom. The Kier molecular flexibility index (Phi) is 8.00. The van der Waals surface area contributed by atoms with Crippen molar-refractivity contribution in [1.29, 1.82) is 0 Å². The highest BCUT2D eigenvalue weighted by atomic mass is 35.5. The van der Waals surface area contributed by atoms with Crippen LogP contribution in [0.5, 0.6) is 0 Å². The van der Waals surface area contributed by atoms with Gasteiger partial charge in [-0.1, -0.05) is 36.5 Å². The fourth-order valence-electron chi connectivity index (χ4n) is 2.93. The van der Waals surface area contributed by atoms with Gasteiger partial charge in [-0.2, -0.15) is 0 Å². The van der Waals surface area contributed by atoms with Gasteiger partial charge in [-0.25, -0.2) is 0 Å². The summed E-state index contributed by atoms with van der Waals surface area (Å²) in [5.74, 6) is -0.200. The summed E-state index contributed by atoms with van der Waals surface area (Å²) in [5.41, 5.74) is 5.70. The van der Waals surface area contributed by atoms with Gasteiger partial charge in [0.2, 0.25) is 5.91 Å². The van der Waals surface area contributed by atoms with Crippen molar-refractivity contribution in [2.75, 3.05) is 26.2 Å². The number of hydrogen-bond donors (Lipinski definition) is 1. The van der Waals surface area contributed by atoms with Gasteiger partial charge in [-0.3, -0.25) is 9.59 Å². The molecule has 1 heterocycles. The van der Waals surface area contributed by atoms with E-state index in [1.165, 1.54) is 0 Å². The second-order valence-electron chi connectivity index (χ2n) is 6.38. The number of carbonyl (C=O) groups is 2. The number of nitrogens with zero attached hydrogens (tertiary/aromatic N) is 2. The molecule has 2 amide bonds. The van der Waals surface area contributed by atoms with E-state index >= 15 is 0 Å². The maximum Gasteiger partial charge on any atom is 0.255 e. The molecular weight excluding hydrogens is 385 g/mol. The highest BCUT2D eigenvalue weighted by Crippen LogP contribution is 2.23. The summed E-state index contributed by atoms with van der Waals surface area (Å²) < 4.78 is 0. The van der Waals surface area contributed by atoms with Gasteiger partial charge in [0.15, 0.2) is 0 Å². The van der Waals surface area contributed by atoms with Crippen LogP contribution < -0.4 is 5.73 Å². The highest BCUT2D eigenvalue weighted by molar-refractivity contribution is 6.36. The van der Waals surface area contributed by atoms with Gasteiger partial charge in [0.25, 0.3) is 5.91 Å². The molecule has 25 heavy (non-hydrogen) atoms. The summed E-state index contributed by atoms with van der Waals surface area (Å²) in [5, 5.41) is 0.827. The number of piperazine rings is 1. The van der Waals surface area contributed by atoms with Crippen LogP contribution >= 0.6 is 35.6 Å². The van der Waals surface area contributed by atoms with Crippen molar-refractivity contribution >= 4 is 47.4 Å². The molecule has 1 unspecified atom stereocenters. The third-order valence-electron chi connectivity index (χ3n) is 4.27. The standard InChI is InChI=1S/C17H23Cl2N3O2.ClH/c1-3-6-17(2,20)16(24)22-9-7-21(8-10-22)15(23)13-5-4-12(18)11-14(13)19;/h4-5,11H,3,6-10,20H2,1-2H3;1H. The van der Waals surface area contributed by atoms with E-state index < -0.39 is 5.54 Å². The molecule has 2 N–H and O–H groups in total. The van der Waals surface area contributed by atoms with E-state index in [1.54, 1.807) is 34.9 Å². The number of amides is 2. The lowest BCUT2D eigenvalue weighted by Crippen LogP contribution is -2.58. The molecule has 140 valence electrons. The van der Waals surface area contributed by atoms with Gasteiger partial charge in [0.1, 0.15) is 0 Å². The first-order valence-electron chi connectivity index (χ1n) is 8.09. The molecule has 0 aromatic heterocycles. The molecular formula is C17H24Cl3N3O2. The summed E-state index contributed by atoms with van der Waals surface area (Å²) in [6.45, 7) is 5.66. The zero-order chi connectivity index (χ0) is 17.9. The molecule has 0 radical (unpaired) electrons. The quantitative estimate of drug-likeness (QED) is 0.832. The number of nitrogens with two attached hydrogens (primary N) is 1. The first-order valence-corrected chi connectivity index (χ1v) is 8.84. The molecule has 5 nitrogen and oxygen atoms in total. The van der Waals surface area contributed by atoms with E-state index in [9.17, 15) is 9.59 Å². The Labute approximate surface area is 164 Å². The molecule has 1 aromatic rings. The first kappa shape index (κ1) is 22.0. The first-order chi connectivity index (χ1) is 11.3. The van der Waals surface area contributed by atoms with E-state index in [1.807, 2.05) is 6.92 Å². The topological polar surface area (TPSA) is 66.6 Å². The van der Waals surface area contributed by atoms with Gasteiger partial charge < -0.3 is 15.5 Å². The van der Waals surface area contributed by atoms with Crippen LogP contribution in [0.3, 0.4) is 0 Å². The van der Waals surface area contributed by atoms with Crippen LogP contribution in [0.4, 0.5) is 0 Å². The van der Waals surface area contributed by atoms with Crippen LogP contribution in [0.25, 0.3) is 0 Å². The third kappa shape index (κ3) is 5.23. The molecule has 8 heteroatoms. The third-order valence-corrected chi connectivity index (χ3v) is 4.82. The minimum Gasteiger partial charge on any atom is -0.338 e. The normalized spacial score (nSPS) is 16.8. The zero-order valence-electron chi connectivity index (χ0n) is 14.4. The van der Waals surface area contributed by atoms with Crippen molar-refractivity contribution in [1.82, 2.24) is 9.80 Å². The molecule has 1 aliphatic heterocycles. The Hall–Kier alpha value is -1.01. The van der Waals surface area contributed by atoms with Gasteiger partial charge >= 0.3 is 0 Å². The van der Waals surface area contributed by atoms with Crippen molar-refractivity contribution < 1.29 is 9.59 Å². The van der Waals surface area contributed by atoms with Gasteiger partial charge in [0.05, 0.1) is 16.1 Å². The largest absolute Gasteiger partial charge is 0.338 e. The number of benzene rings is 1. The summed E-state index contributed by atoms with van der Waals surface area (Å²) in [4.78, 5) is 28.5. The fraction of sp³-hybridized carbons (Fsp3) is 0.529. The predicted molar refractivity (Wildman–Crippen MR) is 104 cm³/mol. The molecule has 0 saturated carbocycles. The molecule has 1 atom stereocenters. The van der Waals surface area contributed by atoms with E-state index in [2.05, 4.69) is 0 Å².